The highest BCUT2D eigenvalue weighted by atomic mass is 32.2. The molecule has 0 spiro atoms. The van der Waals surface area contributed by atoms with Crippen LogP contribution in [0.25, 0.3) is 10.9 Å². The Morgan fingerprint density at radius 3 is 2.91 bits per heavy atom. The molecule has 3 rings (SSSR count). The van der Waals surface area contributed by atoms with E-state index in [0.717, 1.165) is 10.9 Å². The SMILES string of the molecule is O=C(CCn1ccc2ccc(F)cc21)N[C@@H]1CCS(=O)(=O)C1. The summed E-state index contributed by atoms with van der Waals surface area (Å²) in [5, 5.41) is 3.67. The maximum Gasteiger partial charge on any atom is 0.222 e. The number of aryl methyl sites for hydroxylation is 1. The van der Waals surface area contributed by atoms with Crippen molar-refractivity contribution in [1.29, 1.82) is 0 Å². The van der Waals surface area contributed by atoms with Crippen LogP contribution in [0.5, 0.6) is 0 Å². The lowest BCUT2D eigenvalue weighted by Gasteiger charge is -2.11. The molecule has 0 aliphatic carbocycles. The third kappa shape index (κ3) is 3.30. The monoisotopic (exact) mass is 324 g/mol. The van der Waals surface area contributed by atoms with Crippen molar-refractivity contribution >= 4 is 26.6 Å². The van der Waals surface area contributed by atoms with E-state index < -0.39 is 9.84 Å². The van der Waals surface area contributed by atoms with Gasteiger partial charge < -0.3 is 9.88 Å². The van der Waals surface area contributed by atoms with E-state index in [9.17, 15) is 17.6 Å². The molecular weight excluding hydrogens is 307 g/mol. The van der Waals surface area contributed by atoms with Gasteiger partial charge >= 0.3 is 0 Å². The molecule has 1 atom stereocenters. The van der Waals surface area contributed by atoms with Crippen LogP contribution in [0.15, 0.2) is 30.5 Å². The minimum atomic E-state index is -2.99. The predicted octanol–water partition coefficient (Wildman–Crippen LogP) is 1.47. The Morgan fingerprint density at radius 2 is 2.18 bits per heavy atom. The van der Waals surface area contributed by atoms with Crippen molar-refractivity contribution in [3.63, 3.8) is 0 Å². The fraction of sp³-hybridized carbons (Fsp3) is 0.400. The number of hydrogen-bond donors (Lipinski definition) is 1. The first-order valence-corrected chi connectivity index (χ1v) is 8.99. The molecule has 0 saturated carbocycles. The second-order valence-corrected chi connectivity index (χ2v) is 7.86. The van der Waals surface area contributed by atoms with Gasteiger partial charge in [0.05, 0.1) is 17.0 Å². The molecule has 22 heavy (non-hydrogen) atoms. The largest absolute Gasteiger partial charge is 0.352 e. The lowest BCUT2D eigenvalue weighted by atomic mass is 10.2. The number of fused-ring (bicyclic) bond motifs is 1. The summed E-state index contributed by atoms with van der Waals surface area (Å²) < 4.78 is 37.8. The Hall–Kier alpha value is -1.89. The number of carbonyl (C=O) groups excluding carboxylic acids is 1. The minimum Gasteiger partial charge on any atom is -0.352 e. The Morgan fingerprint density at radius 1 is 1.36 bits per heavy atom. The molecule has 1 saturated heterocycles. The van der Waals surface area contributed by atoms with E-state index in [1.54, 1.807) is 6.07 Å². The molecule has 118 valence electrons. The third-order valence-electron chi connectivity index (χ3n) is 3.91. The molecule has 1 aliphatic rings. The van der Waals surface area contributed by atoms with Gasteiger partial charge in [-0.15, -0.1) is 0 Å². The van der Waals surface area contributed by atoms with Crippen molar-refractivity contribution in [2.24, 2.45) is 0 Å². The summed E-state index contributed by atoms with van der Waals surface area (Å²) in [6.07, 6.45) is 2.53. The average Bonchev–Trinajstić information content (AvgIpc) is 2.99. The number of nitrogens with zero attached hydrogens (tertiary/aromatic N) is 1. The first kappa shape index (κ1) is 15.0. The topological polar surface area (TPSA) is 68.2 Å². The van der Waals surface area contributed by atoms with E-state index in [-0.39, 0.29) is 35.7 Å². The van der Waals surface area contributed by atoms with Crippen molar-refractivity contribution in [2.45, 2.75) is 25.4 Å². The summed E-state index contributed by atoms with van der Waals surface area (Å²) >= 11 is 0. The van der Waals surface area contributed by atoms with E-state index >= 15 is 0 Å². The van der Waals surface area contributed by atoms with Crippen LogP contribution in [0, 0.1) is 5.82 Å². The van der Waals surface area contributed by atoms with E-state index in [1.807, 2.05) is 16.8 Å². The maximum atomic E-state index is 13.3. The molecular formula is C15H17FN2O3S. The Balaban J connectivity index is 1.59. The minimum absolute atomic E-state index is 0.0242. The van der Waals surface area contributed by atoms with Crippen LogP contribution in [0.3, 0.4) is 0 Å². The van der Waals surface area contributed by atoms with Gasteiger partial charge in [0.1, 0.15) is 5.82 Å². The molecule has 0 bridgehead atoms. The highest BCUT2D eigenvalue weighted by Gasteiger charge is 2.28. The fourth-order valence-corrected chi connectivity index (χ4v) is 4.46. The number of amides is 1. The van der Waals surface area contributed by atoms with Crippen LogP contribution in [0.4, 0.5) is 4.39 Å². The molecule has 0 unspecified atom stereocenters. The molecule has 1 amide bonds. The predicted molar refractivity (Wildman–Crippen MR) is 81.7 cm³/mol. The summed E-state index contributed by atoms with van der Waals surface area (Å²) in [5.41, 5.74) is 0.747. The molecule has 1 N–H and O–H groups in total. The smallest absolute Gasteiger partial charge is 0.222 e. The van der Waals surface area contributed by atoms with Crippen LogP contribution >= 0.6 is 0 Å². The lowest BCUT2D eigenvalue weighted by molar-refractivity contribution is -0.121. The normalized spacial score (nSPS) is 20.3. The number of aromatic nitrogens is 1. The van der Waals surface area contributed by atoms with Crippen molar-refractivity contribution in [2.75, 3.05) is 11.5 Å². The second-order valence-electron chi connectivity index (χ2n) is 5.63. The summed E-state index contributed by atoms with van der Waals surface area (Å²) in [4.78, 5) is 11.9. The van der Waals surface area contributed by atoms with Gasteiger partial charge in [0.25, 0.3) is 0 Å². The van der Waals surface area contributed by atoms with Crippen molar-refractivity contribution in [3.05, 3.63) is 36.3 Å². The van der Waals surface area contributed by atoms with Crippen molar-refractivity contribution in [1.82, 2.24) is 9.88 Å². The van der Waals surface area contributed by atoms with E-state index in [2.05, 4.69) is 5.32 Å². The summed E-state index contributed by atoms with van der Waals surface area (Å²) in [5.74, 6) is -0.330. The van der Waals surface area contributed by atoms with Crippen LogP contribution in [-0.2, 0) is 21.2 Å². The van der Waals surface area contributed by atoms with Crippen LogP contribution < -0.4 is 5.32 Å². The Bertz CT molecular complexity index is 813. The number of carbonyl (C=O) groups is 1. The lowest BCUT2D eigenvalue weighted by Crippen LogP contribution is -2.35. The highest BCUT2D eigenvalue weighted by Crippen LogP contribution is 2.17. The number of rotatable bonds is 4. The van der Waals surface area contributed by atoms with Crippen LogP contribution in [0.1, 0.15) is 12.8 Å². The third-order valence-corrected chi connectivity index (χ3v) is 5.68. The van der Waals surface area contributed by atoms with Gasteiger partial charge in [-0.3, -0.25) is 4.79 Å². The Labute approximate surface area is 128 Å². The average molecular weight is 324 g/mol. The van der Waals surface area contributed by atoms with E-state index in [0.29, 0.717) is 13.0 Å². The van der Waals surface area contributed by atoms with Gasteiger partial charge in [-0.05, 0) is 36.1 Å². The van der Waals surface area contributed by atoms with Gasteiger partial charge in [0, 0.05) is 25.2 Å². The van der Waals surface area contributed by atoms with E-state index in [1.165, 1.54) is 12.1 Å². The molecule has 1 fully saturated rings. The zero-order chi connectivity index (χ0) is 15.7. The molecule has 7 heteroatoms. The molecule has 1 aliphatic heterocycles. The standard InChI is InChI=1S/C15H17FN2O3S/c16-12-2-1-11-3-6-18(14(11)9-12)7-4-15(19)17-13-5-8-22(20,21)10-13/h1-3,6,9,13H,4-5,7-8,10H2,(H,17,19)/t13-/m1/s1. The van der Waals surface area contributed by atoms with Crippen molar-refractivity contribution in [3.8, 4) is 0 Å². The molecule has 2 aromatic rings. The van der Waals surface area contributed by atoms with E-state index in [4.69, 9.17) is 0 Å². The zero-order valence-electron chi connectivity index (χ0n) is 12.0. The van der Waals surface area contributed by atoms with Gasteiger partial charge in [-0.2, -0.15) is 0 Å². The highest BCUT2D eigenvalue weighted by molar-refractivity contribution is 7.91. The summed E-state index contributed by atoms with van der Waals surface area (Å²) in [7, 11) is -2.99. The Kier molecular flexibility index (Phi) is 3.90. The molecule has 0 radical (unpaired) electrons. The molecule has 2 heterocycles. The van der Waals surface area contributed by atoms with Gasteiger partial charge in [0.15, 0.2) is 9.84 Å². The van der Waals surface area contributed by atoms with Crippen LogP contribution in [-0.4, -0.2) is 36.4 Å². The first-order valence-electron chi connectivity index (χ1n) is 7.17. The van der Waals surface area contributed by atoms with Crippen LogP contribution in [0.2, 0.25) is 0 Å². The zero-order valence-corrected chi connectivity index (χ0v) is 12.8. The molecule has 5 nitrogen and oxygen atoms in total. The van der Waals surface area contributed by atoms with Crippen molar-refractivity contribution < 1.29 is 17.6 Å². The first-order chi connectivity index (χ1) is 10.4. The summed E-state index contributed by atoms with van der Waals surface area (Å²) in [6.45, 7) is 0.429. The number of nitrogens with one attached hydrogen (secondary N) is 1. The van der Waals surface area contributed by atoms with Gasteiger partial charge in [-0.25, -0.2) is 12.8 Å². The number of hydrogen-bond acceptors (Lipinski definition) is 3. The molecule has 1 aromatic carbocycles. The number of benzene rings is 1. The second kappa shape index (κ2) is 5.72. The van der Waals surface area contributed by atoms with Gasteiger partial charge in [-0.1, -0.05) is 0 Å². The number of halogens is 1. The summed E-state index contributed by atoms with van der Waals surface area (Å²) in [6, 6.07) is 6.13. The molecule has 1 aromatic heterocycles. The quantitative estimate of drug-likeness (QED) is 0.926. The van der Waals surface area contributed by atoms with Gasteiger partial charge in [0.2, 0.25) is 5.91 Å². The fourth-order valence-electron chi connectivity index (χ4n) is 2.78. The number of sulfone groups is 1. The maximum absolute atomic E-state index is 13.3.